The van der Waals surface area contributed by atoms with Crippen molar-refractivity contribution in [3.05, 3.63) is 40.3 Å². The zero-order valence-electron chi connectivity index (χ0n) is 11.9. The van der Waals surface area contributed by atoms with Gasteiger partial charge in [-0.2, -0.15) is 0 Å². The van der Waals surface area contributed by atoms with Crippen molar-refractivity contribution in [3.63, 3.8) is 0 Å². The first kappa shape index (κ1) is 16.9. The van der Waals surface area contributed by atoms with Crippen molar-refractivity contribution in [2.75, 3.05) is 20.0 Å². The molecular formula is C14H10ClF3N2O3. The van der Waals surface area contributed by atoms with Crippen LogP contribution in [0.5, 0.6) is 5.75 Å². The Morgan fingerprint density at radius 2 is 1.87 bits per heavy atom. The second-order valence-corrected chi connectivity index (χ2v) is 4.69. The highest BCUT2D eigenvalue weighted by Gasteiger charge is 2.25. The van der Waals surface area contributed by atoms with Crippen molar-refractivity contribution in [1.82, 2.24) is 4.98 Å². The van der Waals surface area contributed by atoms with Gasteiger partial charge in [0.15, 0.2) is 23.1 Å². The van der Waals surface area contributed by atoms with Crippen LogP contribution < -0.4 is 10.5 Å². The van der Waals surface area contributed by atoms with Crippen LogP contribution in [0.25, 0.3) is 11.3 Å². The van der Waals surface area contributed by atoms with E-state index in [0.29, 0.717) is 6.07 Å². The Morgan fingerprint density at radius 1 is 1.22 bits per heavy atom. The van der Waals surface area contributed by atoms with Crippen molar-refractivity contribution >= 4 is 23.3 Å². The molecule has 0 saturated carbocycles. The van der Waals surface area contributed by atoms with E-state index in [1.54, 1.807) is 0 Å². The number of hydrogen-bond acceptors (Lipinski definition) is 5. The summed E-state index contributed by atoms with van der Waals surface area (Å²) in [6, 6.07) is 1.48. The van der Waals surface area contributed by atoms with E-state index < -0.39 is 40.4 Å². The normalized spacial score (nSPS) is 10.5. The molecular weight excluding hydrogens is 337 g/mol. The van der Waals surface area contributed by atoms with Crippen LogP contribution >= 0.6 is 11.6 Å². The Hall–Kier alpha value is -2.48. The van der Waals surface area contributed by atoms with Crippen LogP contribution in [0.4, 0.5) is 18.9 Å². The lowest BCUT2D eigenvalue weighted by Gasteiger charge is -2.12. The molecule has 0 aliphatic carbocycles. The number of nitrogens with two attached hydrogens (primary N) is 1. The first-order valence-electron chi connectivity index (χ1n) is 6.08. The largest absolute Gasteiger partial charge is 0.491 e. The molecule has 1 aromatic carbocycles. The smallest absolute Gasteiger partial charge is 0.358 e. The lowest BCUT2D eigenvalue weighted by atomic mass is 10.1. The number of carbonyl (C=O) groups excluding carboxylic acids is 1. The lowest BCUT2D eigenvalue weighted by molar-refractivity contribution is 0.0594. The van der Waals surface area contributed by atoms with Gasteiger partial charge in [0.2, 0.25) is 0 Å². The molecule has 0 bridgehead atoms. The van der Waals surface area contributed by atoms with Gasteiger partial charge in [-0.1, -0.05) is 11.6 Å². The fraction of sp³-hybridized carbons (Fsp3) is 0.143. The van der Waals surface area contributed by atoms with E-state index in [2.05, 4.69) is 14.5 Å². The minimum atomic E-state index is -1.32. The maximum absolute atomic E-state index is 14.3. The first-order valence-corrected chi connectivity index (χ1v) is 6.45. The van der Waals surface area contributed by atoms with Gasteiger partial charge in [0.25, 0.3) is 0 Å². The number of hydrogen-bond donors (Lipinski definition) is 1. The molecule has 1 aromatic heterocycles. The molecule has 0 unspecified atom stereocenters. The molecule has 1 heterocycles. The minimum absolute atomic E-state index is 0.154. The summed E-state index contributed by atoms with van der Waals surface area (Å²) in [4.78, 5) is 15.4. The third kappa shape index (κ3) is 2.89. The molecule has 0 radical (unpaired) electrons. The summed E-state index contributed by atoms with van der Waals surface area (Å²) < 4.78 is 50.8. The van der Waals surface area contributed by atoms with Gasteiger partial charge < -0.3 is 15.2 Å². The van der Waals surface area contributed by atoms with E-state index >= 15 is 0 Å². The molecule has 0 spiro atoms. The molecule has 0 atom stereocenters. The Bertz CT molecular complexity index is 800. The standard InChI is InChI=1S/C14H10ClF3N2O3/c1-22-13-6(17)3-5(16)9(11(13)18)8-4-7(19)10(15)12(20-8)14(21)23-2/h3-4H,1-2H3,(H2,19,20). The lowest BCUT2D eigenvalue weighted by Crippen LogP contribution is -2.09. The number of pyridine rings is 1. The van der Waals surface area contributed by atoms with Gasteiger partial charge in [-0.15, -0.1) is 0 Å². The number of esters is 1. The van der Waals surface area contributed by atoms with Crippen molar-refractivity contribution < 1.29 is 27.4 Å². The number of methoxy groups -OCH3 is 2. The van der Waals surface area contributed by atoms with Gasteiger partial charge in [0, 0.05) is 6.07 Å². The summed E-state index contributed by atoms with van der Waals surface area (Å²) in [5, 5.41) is -0.226. The average Bonchev–Trinajstić information content (AvgIpc) is 2.49. The highest BCUT2D eigenvalue weighted by atomic mass is 35.5. The summed E-state index contributed by atoms with van der Waals surface area (Å²) >= 11 is 5.83. The summed E-state index contributed by atoms with van der Waals surface area (Å²) in [5.74, 6) is -5.53. The molecule has 0 saturated heterocycles. The molecule has 0 aliphatic rings. The predicted molar refractivity (Wildman–Crippen MR) is 76.9 cm³/mol. The van der Waals surface area contributed by atoms with Crippen LogP contribution in [0.2, 0.25) is 5.02 Å². The maximum Gasteiger partial charge on any atom is 0.358 e. The van der Waals surface area contributed by atoms with Crippen LogP contribution in [0.1, 0.15) is 10.5 Å². The summed E-state index contributed by atoms with van der Waals surface area (Å²) in [5.41, 5.74) is 3.97. The van der Waals surface area contributed by atoms with E-state index in [1.807, 2.05) is 0 Å². The number of carbonyl (C=O) groups is 1. The number of rotatable bonds is 3. The zero-order chi connectivity index (χ0) is 17.3. The van der Waals surface area contributed by atoms with Gasteiger partial charge in [-0.05, 0) is 6.07 Å². The van der Waals surface area contributed by atoms with Crippen molar-refractivity contribution in [3.8, 4) is 17.0 Å². The number of nitrogens with zero attached hydrogens (tertiary/aromatic N) is 1. The third-order valence-corrected chi connectivity index (χ3v) is 3.35. The number of nitrogen functional groups attached to an aromatic ring is 1. The van der Waals surface area contributed by atoms with Crippen LogP contribution in [0.3, 0.4) is 0 Å². The van der Waals surface area contributed by atoms with Gasteiger partial charge in [0.05, 0.1) is 36.2 Å². The van der Waals surface area contributed by atoms with Gasteiger partial charge in [-0.3, -0.25) is 0 Å². The van der Waals surface area contributed by atoms with E-state index in [4.69, 9.17) is 17.3 Å². The number of anilines is 1. The SMILES string of the molecule is COC(=O)c1nc(-c2c(F)cc(F)c(OC)c2F)cc(N)c1Cl. The first-order chi connectivity index (χ1) is 10.8. The number of benzene rings is 1. The van der Waals surface area contributed by atoms with Crippen LogP contribution in [0, 0.1) is 17.5 Å². The number of halogens is 4. The van der Waals surface area contributed by atoms with Crippen LogP contribution in [0.15, 0.2) is 12.1 Å². The quantitative estimate of drug-likeness (QED) is 0.864. The summed E-state index contributed by atoms with van der Waals surface area (Å²) in [6.45, 7) is 0. The van der Waals surface area contributed by atoms with Crippen molar-refractivity contribution in [2.45, 2.75) is 0 Å². The van der Waals surface area contributed by atoms with Gasteiger partial charge >= 0.3 is 5.97 Å². The highest BCUT2D eigenvalue weighted by Crippen LogP contribution is 2.35. The van der Waals surface area contributed by atoms with Crippen LogP contribution in [-0.4, -0.2) is 25.2 Å². The fourth-order valence-electron chi connectivity index (χ4n) is 1.90. The Kier molecular flexibility index (Phi) is 4.65. The Morgan fingerprint density at radius 3 is 2.43 bits per heavy atom. The molecule has 2 aromatic rings. The molecule has 122 valence electrons. The second kappa shape index (κ2) is 6.33. The van der Waals surface area contributed by atoms with E-state index in [0.717, 1.165) is 20.3 Å². The number of ether oxygens (including phenoxy) is 2. The van der Waals surface area contributed by atoms with Crippen molar-refractivity contribution in [1.29, 1.82) is 0 Å². The van der Waals surface area contributed by atoms with E-state index in [-0.39, 0.29) is 16.4 Å². The fourth-order valence-corrected chi connectivity index (χ4v) is 2.08. The summed E-state index contributed by atoms with van der Waals surface area (Å²) in [7, 11) is 2.10. The molecule has 2 N–H and O–H groups in total. The average molecular weight is 347 g/mol. The Balaban J connectivity index is 2.78. The Labute approximate surface area is 133 Å². The van der Waals surface area contributed by atoms with E-state index in [1.165, 1.54) is 0 Å². The predicted octanol–water partition coefficient (Wildman–Crippen LogP) is 3.20. The van der Waals surface area contributed by atoms with Gasteiger partial charge in [-0.25, -0.2) is 22.9 Å². The monoisotopic (exact) mass is 346 g/mol. The number of aromatic nitrogens is 1. The van der Waals surface area contributed by atoms with Crippen LogP contribution in [-0.2, 0) is 4.74 Å². The third-order valence-electron chi connectivity index (χ3n) is 2.95. The molecule has 9 heteroatoms. The molecule has 0 fully saturated rings. The highest BCUT2D eigenvalue weighted by molar-refractivity contribution is 6.35. The van der Waals surface area contributed by atoms with Crippen molar-refractivity contribution in [2.24, 2.45) is 0 Å². The molecule has 2 rings (SSSR count). The zero-order valence-corrected chi connectivity index (χ0v) is 12.7. The topological polar surface area (TPSA) is 74.4 Å². The summed E-state index contributed by atoms with van der Waals surface area (Å²) in [6.07, 6.45) is 0. The van der Waals surface area contributed by atoms with E-state index in [9.17, 15) is 18.0 Å². The molecule has 0 aliphatic heterocycles. The molecule has 0 amide bonds. The second-order valence-electron chi connectivity index (χ2n) is 4.31. The maximum atomic E-state index is 14.3. The minimum Gasteiger partial charge on any atom is -0.491 e. The molecule has 5 nitrogen and oxygen atoms in total. The van der Waals surface area contributed by atoms with Gasteiger partial charge in [0.1, 0.15) is 5.82 Å². The molecule has 23 heavy (non-hydrogen) atoms.